The third kappa shape index (κ3) is 5.34. The second-order valence-corrected chi connectivity index (χ2v) is 5.56. The van der Waals surface area contributed by atoms with Gasteiger partial charge >= 0.3 is 5.97 Å². The summed E-state index contributed by atoms with van der Waals surface area (Å²) >= 11 is 3.26. The third-order valence-electron chi connectivity index (χ3n) is 2.94. The predicted molar refractivity (Wildman–Crippen MR) is 88.2 cm³/mol. The second kappa shape index (κ2) is 8.24. The van der Waals surface area contributed by atoms with E-state index in [0.29, 0.717) is 11.1 Å². The molecule has 0 aliphatic rings. The highest BCUT2D eigenvalue weighted by Gasteiger charge is 2.12. The van der Waals surface area contributed by atoms with Gasteiger partial charge in [-0.1, -0.05) is 52.3 Å². The van der Waals surface area contributed by atoms with Crippen LogP contribution in [-0.2, 0) is 9.53 Å². The van der Waals surface area contributed by atoms with Crippen LogP contribution in [0.15, 0.2) is 59.1 Å². The Morgan fingerprint density at radius 1 is 0.957 bits per heavy atom. The lowest BCUT2D eigenvalue weighted by molar-refractivity contribution is -0.141. The van der Waals surface area contributed by atoms with Crippen molar-refractivity contribution in [3.8, 4) is 0 Å². The van der Waals surface area contributed by atoms with Gasteiger partial charge in [0.1, 0.15) is 6.54 Å². The molecule has 118 valence electrons. The fourth-order valence-electron chi connectivity index (χ4n) is 1.79. The zero-order valence-corrected chi connectivity index (χ0v) is 13.7. The van der Waals surface area contributed by atoms with E-state index in [4.69, 9.17) is 4.74 Å². The third-order valence-corrected chi connectivity index (χ3v) is 3.43. The average Bonchev–Trinajstić information content (AvgIpc) is 2.58. The molecule has 0 unspecified atom stereocenters. The number of ketones is 1. The number of nitrogens with one attached hydrogen (secondary N) is 1. The molecule has 0 atom stereocenters. The van der Waals surface area contributed by atoms with Crippen molar-refractivity contribution >= 4 is 33.6 Å². The molecule has 5 nitrogen and oxygen atoms in total. The van der Waals surface area contributed by atoms with Crippen LogP contribution in [0.25, 0.3) is 0 Å². The minimum atomic E-state index is -0.669. The highest BCUT2D eigenvalue weighted by molar-refractivity contribution is 9.10. The number of halogens is 1. The highest BCUT2D eigenvalue weighted by atomic mass is 79.9. The first kappa shape index (κ1) is 16.9. The minimum absolute atomic E-state index is 0.294. The van der Waals surface area contributed by atoms with Crippen molar-refractivity contribution in [2.75, 3.05) is 13.2 Å². The number of carbonyl (C=O) groups excluding carboxylic acids is 3. The fourth-order valence-corrected chi connectivity index (χ4v) is 2.19. The molecule has 0 bridgehead atoms. The van der Waals surface area contributed by atoms with Gasteiger partial charge in [0.2, 0.25) is 0 Å². The summed E-state index contributed by atoms with van der Waals surface area (Å²) in [6.45, 7) is -0.650. The van der Waals surface area contributed by atoms with E-state index in [1.165, 1.54) is 0 Å². The molecule has 1 N–H and O–H groups in total. The van der Waals surface area contributed by atoms with E-state index in [-0.39, 0.29) is 18.9 Å². The fraction of sp³-hybridized carbons (Fsp3) is 0.118. The Balaban J connectivity index is 1.77. The Morgan fingerprint density at radius 2 is 1.65 bits per heavy atom. The van der Waals surface area contributed by atoms with Gasteiger partial charge in [0.05, 0.1) is 0 Å². The van der Waals surface area contributed by atoms with Crippen molar-refractivity contribution in [1.82, 2.24) is 5.32 Å². The molecule has 0 heterocycles. The lowest BCUT2D eigenvalue weighted by atomic mass is 10.1. The largest absolute Gasteiger partial charge is 0.456 e. The normalized spacial score (nSPS) is 9.96. The van der Waals surface area contributed by atoms with Gasteiger partial charge in [0.15, 0.2) is 12.4 Å². The van der Waals surface area contributed by atoms with Crippen molar-refractivity contribution in [3.63, 3.8) is 0 Å². The lowest BCUT2D eigenvalue weighted by Gasteiger charge is -2.06. The number of carbonyl (C=O) groups is 3. The van der Waals surface area contributed by atoms with Gasteiger partial charge in [-0.05, 0) is 18.2 Å². The first-order valence-corrected chi connectivity index (χ1v) is 7.63. The van der Waals surface area contributed by atoms with Gasteiger partial charge in [-0.3, -0.25) is 14.4 Å². The Hall–Kier alpha value is -2.47. The minimum Gasteiger partial charge on any atom is -0.456 e. The molecule has 6 heteroatoms. The van der Waals surface area contributed by atoms with Crippen molar-refractivity contribution in [2.45, 2.75) is 0 Å². The van der Waals surface area contributed by atoms with Crippen LogP contribution in [0.3, 0.4) is 0 Å². The maximum atomic E-state index is 11.9. The van der Waals surface area contributed by atoms with Gasteiger partial charge in [-0.2, -0.15) is 0 Å². The van der Waals surface area contributed by atoms with Crippen LogP contribution in [0.4, 0.5) is 0 Å². The summed E-state index contributed by atoms with van der Waals surface area (Å²) in [7, 11) is 0. The first-order chi connectivity index (χ1) is 11.1. The quantitative estimate of drug-likeness (QED) is 0.622. The van der Waals surface area contributed by atoms with Crippen LogP contribution in [0.1, 0.15) is 20.7 Å². The molecule has 0 aromatic heterocycles. The van der Waals surface area contributed by atoms with E-state index in [9.17, 15) is 14.4 Å². The van der Waals surface area contributed by atoms with Gasteiger partial charge in [-0.15, -0.1) is 0 Å². The predicted octanol–water partition coefficient (Wildman–Crippen LogP) is 2.61. The van der Waals surface area contributed by atoms with Gasteiger partial charge in [-0.25, -0.2) is 0 Å². The monoisotopic (exact) mass is 375 g/mol. The lowest BCUT2D eigenvalue weighted by Crippen LogP contribution is -2.31. The van der Waals surface area contributed by atoms with E-state index < -0.39 is 11.9 Å². The van der Waals surface area contributed by atoms with Crippen LogP contribution in [0.5, 0.6) is 0 Å². The van der Waals surface area contributed by atoms with Gasteiger partial charge in [0, 0.05) is 15.6 Å². The molecule has 0 saturated heterocycles. The molecule has 0 spiro atoms. The molecule has 2 rings (SSSR count). The topological polar surface area (TPSA) is 72.5 Å². The van der Waals surface area contributed by atoms with Crippen molar-refractivity contribution < 1.29 is 19.1 Å². The van der Waals surface area contributed by atoms with Crippen molar-refractivity contribution in [3.05, 3.63) is 70.2 Å². The summed E-state index contributed by atoms with van der Waals surface area (Å²) in [5.41, 5.74) is 0.894. The summed E-state index contributed by atoms with van der Waals surface area (Å²) in [5, 5.41) is 2.44. The SMILES string of the molecule is O=C(CNC(=O)c1cccc(Br)c1)OCC(=O)c1ccccc1. The smallest absolute Gasteiger partial charge is 0.325 e. The number of amides is 1. The molecule has 1 amide bonds. The van der Waals surface area contributed by atoms with Crippen molar-refractivity contribution in [2.24, 2.45) is 0 Å². The van der Waals surface area contributed by atoms with Gasteiger partial charge < -0.3 is 10.1 Å². The molecule has 2 aromatic rings. The van der Waals surface area contributed by atoms with E-state index in [0.717, 1.165) is 4.47 Å². The molecule has 0 radical (unpaired) electrons. The Morgan fingerprint density at radius 3 is 2.35 bits per heavy atom. The molecule has 0 fully saturated rings. The molecule has 0 aliphatic heterocycles. The summed E-state index contributed by atoms with van der Waals surface area (Å²) in [5.74, 6) is -1.35. The summed E-state index contributed by atoms with van der Waals surface area (Å²) in [6, 6.07) is 15.3. The number of ether oxygens (including phenoxy) is 1. The standard InChI is InChI=1S/C17H14BrNO4/c18-14-8-4-7-13(9-14)17(22)19-10-16(21)23-11-15(20)12-5-2-1-3-6-12/h1-9H,10-11H2,(H,19,22). The van der Waals surface area contributed by atoms with Gasteiger partial charge in [0.25, 0.3) is 5.91 Å². The molecular formula is C17H14BrNO4. The molecule has 23 heavy (non-hydrogen) atoms. The maximum Gasteiger partial charge on any atom is 0.325 e. The van der Waals surface area contributed by atoms with E-state index in [1.54, 1.807) is 54.6 Å². The summed E-state index contributed by atoms with van der Waals surface area (Å²) in [4.78, 5) is 35.2. The van der Waals surface area contributed by atoms with E-state index in [1.807, 2.05) is 0 Å². The zero-order chi connectivity index (χ0) is 16.7. The van der Waals surface area contributed by atoms with Crippen LogP contribution in [0.2, 0.25) is 0 Å². The number of Topliss-reactive ketones (excluding diaryl/α,β-unsaturated/α-hetero) is 1. The Kier molecular flexibility index (Phi) is 6.05. The van der Waals surface area contributed by atoms with Crippen molar-refractivity contribution in [1.29, 1.82) is 0 Å². The number of hydrogen-bond acceptors (Lipinski definition) is 4. The van der Waals surface area contributed by atoms with E-state index in [2.05, 4.69) is 21.2 Å². The maximum absolute atomic E-state index is 11.9. The molecular weight excluding hydrogens is 362 g/mol. The van der Waals surface area contributed by atoms with Crippen LogP contribution >= 0.6 is 15.9 Å². The first-order valence-electron chi connectivity index (χ1n) is 6.84. The number of hydrogen-bond donors (Lipinski definition) is 1. The Bertz CT molecular complexity index is 716. The molecule has 0 saturated carbocycles. The van der Waals surface area contributed by atoms with Crippen LogP contribution in [-0.4, -0.2) is 30.8 Å². The number of esters is 1. The highest BCUT2D eigenvalue weighted by Crippen LogP contribution is 2.11. The number of rotatable bonds is 6. The number of benzene rings is 2. The van der Waals surface area contributed by atoms with E-state index >= 15 is 0 Å². The van der Waals surface area contributed by atoms with Crippen LogP contribution in [0, 0.1) is 0 Å². The zero-order valence-electron chi connectivity index (χ0n) is 12.1. The summed E-state index contributed by atoms with van der Waals surface area (Å²) < 4.78 is 5.62. The Labute approximate surface area is 141 Å². The average molecular weight is 376 g/mol. The van der Waals surface area contributed by atoms with Crippen LogP contribution < -0.4 is 5.32 Å². The second-order valence-electron chi connectivity index (χ2n) is 4.64. The molecule has 0 aliphatic carbocycles. The summed E-state index contributed by atoms with van der Waals surface area (Å²) in [6.07, 6.45) is 0. The molecule has 2 aromatic carbocycles.